The molecule has 0 fully saturated rings. The Labute approximate surface area is 161 Å². The fraction of sp³-hybridized carbons (Fsp3) is 0.182. The number of nitrogens with zero attached hydrogens (tertiary/aromatic N) is 1. The quantitative estimate of drug-likeness (QED) is 0.486. The molecule has 0 aromatic heterocycles. The first-order valence-electron chi connectivity index (χ1n) is 8.78. The average molecular weight is 377 g/mol. The van der Waals surface area contributed by atoms with Crippen molar-refractivity contribution in [2.24, 2.45) is 0 Å². The highest BCUT2D eigenvalue weighted by molar-refractivity contribution is 5.81. The van der Waals surface area contributed by atoms with Crippen molar-refractivity contribution in [2.45, 2.75) is 13.5 Å². The van der Waals surface area contributed by atoms with Crippen molar-refractivity contribution in [3.63, 3.8) is 0 Å². The van der Waals surface area contributed by atoms with Crippen molar-refractivity contribution in [1.82, 2.24) is 4.98 Å². The molecule has 4 rings (SSSR count). The van der Waals surface area contributed by atoms with E-state index < -0.39 is 0 Å². The number of ether oxygens (including phenoxy) is 3. The van der Waals surface area contributed by atoms with Gasteiger partial charge in [-0.2, -0.15) is 0 Å². The Balaban J connectivity index is 1.81. The monoisotopic (exact) mass is 377 g/mol. The highest BCUT2D eigenvalue weighted by atomic mass is 16.5. The maximum atomic E-state index is 12.5. The van der Waals surface area contributed by atoms with E-state index in [2.05, 4.69) is 4.98 Å². The Morgan fingerprint density at radius 1 is 1.00 bits per heavy atom. The maximum absolute atomic E-state index is 12.5. The fourth-order valence-corrected chi connectivity index (χ4v) is 3.10. The van der Waals surface area contributed by atoms with E-state index >= 15 is 0 Å². The number of methoxy groups -OCH3 is 2. The van der Waals surface area contributed by atoms with Crippen molar-refractivity contribution in [3.8, 4) is 28.7 Å². The average Bonchev–Trinajstić information content (AvgIpc) is 2.74. The zero-order valence-corrected chi connectivity index (χ0v) is 15.8. The summed E-state index contributed by atoms with van der Waals surface area (Å²) >= 11 is 0. The van der Waals surface area contributed by atoms with Gasteiger partial charge in [-0.3, -0.25) is 4.79 Å². The van der Waals surface area contributed by atoms with Crippen molar-refractivity contribution in [2.75, 3.05) is 14.2 Å². The molecule has 0 saturated heterocycles. The Morgan fingerprint density at radius 3 is 2.46 bits per heavy atom. The molecule has 2 aliphatic rings. The number of rotatable bonds is 5. The van der Waals surface area contributed by atoms with Crippen LogP contribution in [0.4, 0.5) is 0 Å². The number of aromatic nitrogens is 1. The fourth-order valence-electron chi connectivity index (χ4n) is 3.10. The van der Waals surface area contributed by atoms with Crippen LogP contribution < -0.4 is 19.6 Å². The zero-order valence-electron chi connectivity index (χ0n) is 15.8. The topological polar surface area (TPSA) is 70.8 Å². The third kappa shape index (κ3) is 3.03. The van der Waals surface area contributed by atoms with E-state index in [0.29, 0.717) is 40.5 Å². The summed E-state index contributed by atoms with van der Waals surface area (Å²) < 4.78 is 22.5. The van der Waals surface area contributed by atoms with Crippen molar-refractivity contribution in [3.05, 3.63) is 69.9 Å². The summed E-state index contributed by atoms with van der Waals surface area (Å²) in [4.78, 5) is 17.1. The molecule has 6 nitrogen and oxygen atoms in total. The van der Waals surface area contributed by atoms with Crippen LogP contribution in [0.3, 0.4) is 0 Å². The van der Waals surface area contributed by atoms with E-state index in [1.807, 2.05) is 36.4 Å². The van der Waals surface area contributed by atoms with Crippen LogP contribution in [0, 0.1) is 6.92 Å². The van der Waals surface area contributed by atoms with Crippen molar-refractivity contribution >= 4 is 11.1 Å². The van der Waals surface area contributed by atoms with Crippen LogP contribution in [0.5, 0.6) is 17.2 Å². The second-order valence-electron chi connectivity index (χ2n) is 6.32. The second kappa shape index (κ2) is 7.23. The van der Waals surface area contributed by atoms with Crippen LogP contribution in [-0.4, -0.2) is 19.2 Å². The molecule has 142 valence electrons. The number of hydrogen-bond acceptors (Lipinski definition) is 6. The predicted molar refractivity (Wildman–Crippen MR) is 106 cm³/mol. The smallest absolute Gasteiger partial charge is 0.231 e. The van der Waals surface area contributed by atoms with Gasteiger partial charge in [-0.25, -0.2) is 4.98 Å². The van der Waals surface area contributed by atoms with Gasteiger partial charge in [0.2, 0.25) is 11.2 Å². The molecule has 0 bridgehead atoms. The Bertz CT molecular complexity index is 1170. The van der Waals surface area contributed by atoms with Gasteiger partial charge >= 0.3 is 0 Å². The van der Waals surface area contributed by atoms with E-state index in [9.17, 15) is 4.79 Å². The van der Waals surface area contributed by atoms with Gasteiger partial charge in [0.05, 0.1) is 14.2 Å². The third-order valence-electron chi connectivity index (χ3n) is 4.56. The minimum absolute atomic E-state index is 0.117. The lowest BCUT2D eigenvalue weighted by Crippen LogP contribution is -2.14. The Kier molecular flexibility index (Phi) is 4.61. The van der Waals surface area contributed by atoms with E-state index in [1.54, 1.807) is 19.1 Å². The normalized spacial score (nSPS) is 11.0. The molecule has 6 heteroatoms. The minimum atomic E-state index is -0.278. The molecular weight excluding hydrogens is 358 g/mol. The molecule has 1 aliphatic heterocycles. The SMILES string of the molecule is COc1c2nc3cc(OCc4ccccc4)ccc3oc-2c(C)c(=O)c1OC. The first-order chi connectivity index (χ1) is 13.6. The second-order valence-corrected chi connectivity index (χ2v) is 6.32. The summed E-state index contributed by atoms with van der Waals surface area (Å²) in [5.41, 5.74) is 2.80. The van der Waals surface area contributed by atoms with Gasteiger partial charge in [0.1, 0.15) is 17.9 Å². The molecule has 0 unspecified atom stereocenters. The van der Waals surface area contributed by atoms with E-state index in [4.69, 9.17) is 18.6 Å². The lowest BCUT2D eigenvalue weighted by Gasteiger charge is -2.15. The molecule has 0 amide bonds. The van der Waals surface area contributed by atoms with Gasteiger partial charge in [-0.1, -0.05) is 30.3 Å². The van der Waals surface area contributed by atoms with Crippen LogP contribution in [-0.2, 0) is 6.61 Å². The van der Waals surface area contributed by atoms with Gasteiger partial charge in [0.25, 0.3) is 0 Å². The predicted octanol–water partition coefficient (Wildman–Crippen LogP) is 4.20. The summed E-state index contributed by atoms with van der Waals surface area (Å²) in [6.07, 6.45) is 0. The molecule has 1 heterocycles. The molecule has 0 saturated carbocycles. The third-order valence-corrected chi connectivity index (χ3v) is 4.56. The Hall–Kier alpha value is -3.54. The molecule has 2 aromatic rings. The van der Waals surface area contributed by atoms with E-state index in [1.165, 1.54) is 14.2 Å². The van der Waals surface area contributed by atoms with Crippen LogP contribution in [0.15, 0.2) is 57.7 Å². The lowest BCUT2D eigenvalue weighted by molar-refractivity contribution is 0.306. The van der Waals surface area contributed by atoms with Gasteiger partial charge < -0.3 is 18.6 Å². The minimum Gasteiger partial charge on any atom is -0.491 e. The van der Waals surface area contributed by atoms with Gasteiger partial charge in [-0.05, 0) is 24.6 Å². The molecule has 0 N–H and O–H groups in total. The van der Waals surface area contributed by atoms with Gasteiger partial charge in [0, 0.05) is 11.6 Å². The molecule has 0 atom stereocenters. The van der Waals surface area contributed by atoms with Crippen molar-refractivity contribution < 1.29 is 18.6 Å². The van der Waals surface area contributed by atoms with Crippen LogP contribution >= 0.6 is 0 Å². The van der Waals surface area contributed by atoms with Crippen LogP contribution in [0.1, 0.15) is 11.1 Å². The molecule has 0 radical (unpaired) electrons. The number of benzene rings is 3. The first-order valence-corrected chi connectivity index (χ1v) is 8.78. The lowest BCUT2D eigenvalue weighted by atomic mass is 10.1. The number of fused-ring (bicyclic) bond motifs is 2. The highest BCUT2D eigenvalue weighted by Gasteiger charge is 2.26. The summed E-state index contributed by atoms with van der Waals surface area (Å²) in [7, 11) is 2.90. The summed E-state index contributed by atoms with van der Waals surface area (Å²) in [5.74, 6) is 1.43. The van der Waals surface area contributed by atoms with E-state index in [0.717, 1.165) is 5.56 Å². The molecule has 0 spiro atoms. The number of hydrogen-bond donors (Lipinski definition) is 0. The van der Waals surface area contributed by atoms with Gasteiger partial charge in [-0.15, -0.1) is 0 Å². The van der Waals surface area contributed by atoms with Crippen LogP contribution in [0.25, 0.3) is 22.6 Å². The highest BCUT2D eigenvalue weighted by Crippen LogP contribution is 2.39. The maximum Gasteiger partial charge on any atom is 0.231 e. The van der Waals surface area contributed by atoms with Gasteiger partial charge in [0.15, 0.2) is 22.8 Å². The van der Waals surface area contributed by atoms with E-state index in [-0.39, 0.29) is 16.9 Å². The summed E-state index contributed by atoms with van der Waals surface area (Å²) in [6, 6.07) is 15.3. The standard InChI is InChI=1S/C22H19NO5/c1-13-19(24)22(26-3)21(25-2)18-20(13)28-17-10-9-15(11-16(17)23-18)27-12-14-7-5-4-6-8-14/h4-11H,12H2,1-3H3. The van der Waals surface area contributed by atoms with Crippen LogP contribution in [0.2, 0.25) is 0 Å². The molecule has 1 aliphatic carbocycles. The van der Waals surface area contributed by atoms with Crippen molar-refractivity contribution in [1.29, 1.82) is 0 Å². The molecular formula is C22H19NO5. The summed E-state index contributed by atoms with van der Waals surface area (Å²) in [5, 5.41) is 0. The zero-order chi connectivity index (χ0) is 19.7. The summed E-state index contributed by atoms with van der Waals surface area (Å²) in [6.45, 7) is 2.13. The Morgan fingerprint density at radius 2 is 1.75 bits per heavy atom. The molecule has 2 aromatic carbocycles. The molecule has 28 heavy (non-hydrogen) atoms. The first kappa shape index (κ1) is 17.9. The largest absolute Gasteiger partial charge is 0.491 e.